The summed E-state index contributed by atoms with van der Waals surface area (Å²) in [5, 5.41) is 0. The third-order valence-corrected chi connectivity index (χ3v) is 6.87. The highest BCUT2D eigenvalue weighted by molar-refractivity contribution is 6.03. The van der Waals surface area contributed by atoms with Crippen molar-refractivity contribution in [2.24, 2.45) is 0 Å². The van der Waals surface area contributed by atoms with Crippen LogP contribution in [0.2, 0.25) is 0 Å². The lowest BCUT2D eigenvalue weighted by Crippen LogP contribution is -2.09. The van der Waals surface area contributed by atoms with Crippen LogP contribution < -0.4 is 0 Å². The summed E-state index contributed by atoms with van der Waals surface area (Å²) in [4.78, 5) is 24.9. The molecule has 0 amide bonds. The monoisotopic (exact) mass is 424 g/mol. The van der Waals surface area contributed by atoms with Gasteiger partial charge in [-0.2, -0.15) is 0 Å². The predicted molar refractivity (Wildman–Crippen MR) is 132 cm³/mol. The smallest absolute Gasteiger partial charge is 0.151 e. The zero-order valence-electron chi connectivity index (χ0n) is 18.8. The lowest BCUT2D eigenvalue weighted by molar-refractivity contribution is 0.109. The maximum absolute atomic E-state index is 12.5. The number of aldehydes is 2. The molecule has 3 aromatic carbocycles. The average Bonchev–Trinajstić information content (AvgIpc) is 2.86. The van der Waals surface area contributed by atoms with Gasteiger partial charge in [0.05, 0.1) is 0 Å². The van der Waals surface area contributed by atoms with Crippen molar-refractivity contribution < 1.29 is 9.59 Å². The Morgan fingerprint density at radius 2 is 1.09 bits per heavy atom. The van der Waals surface area contributed by atoms with Gasteiger partial charge < -0.3 is 0 Å². The fraction of sp³-hybridized carbons (Fsp3) is 0.333. The van der Waals surface area contributed by atoms with Gasteiger partial charge in [-0.1, -0.05) is 106 Å². The quantitative estimate of drug-likeness (QED) is 0.386. The maximum atomic E-state index is 12.5. The van der Waals surface area contributed by atoms with Crippen LogP contribution in [0.5, 0.6) is 0 Å². The minimum absolute atomic E-state index is 0.319. The lowest BCUT2D eigenvalue weighted by atomic mass is 9.79. The summed E-state index contributed by atoms with van der Waals surface area (Å²) in [5.41, 5.74) is 6.11. The molecular weight excluding hydrogens is 392 g/mol. The largest absolute Gasteiger partial charge is 0.298 e. The Bertz CT molecular complexity index is 1030. The molecule has 0 unspecified atom stereocenters. The van der Waals surface area contributed by atoms with E-state index in [1.165, 1.54) is 44.9 Å². The Kier molecular flexibility index (Phi) is 7.66. The van der Waals surface area contributed by atoms with E-state index in [1.54, 1.807) is 0 Å². The van der Waals surface area contributed by atoms with Gasteiger partial charge in [0.25, 0.3) is 0 Å². The number of benzene rings is 3. The standard InChI is InChI=1S/C30H32O2/c31-21-28-26(23-14-8-4-2-1-3-5-9-15-23)20-27(24-16-10-6-11-17-24)30(29(28)22-32)25-18-12-7-13-19-25/h6-7,10-13,16-23H,1-5,8-9,14-15H2. The van der Waals surface area contributed by atoms with Gasteiger partial charge in [-0.3, -0.25) is 9.59 Å². The second-order valence-electron chi connectivity index (χ2n) is 8.93. The number of hydrogen-bond donors (Lipinski definition) is 0. The molecule has 1 aliphatic rings. The summed E-state index contributed by atoms with van der Waals surface area (Å²) in [6.45, 7) is 0. The summed E-state index contributed by atoms with van der Waals surface area (Å²) < 4.78 is 0. The molecule has 164 valence electrons. The van der Waals surface area contributed by atoms with Crippen molar-refractivity contribution >= 4 is 12.6 Å². The van der Waals surface area contributed by atoms with Crippen molar-refractivity contribution in [2.45, 2.75) is 63.7 Å². The van der Waals surface area contributed by atoms with E-state index in [4.69, 9.17) is 0 Å². The SMILES string of the molecule is O=Cc1c(C2CCCCCCCCC2)cc(-c2ccccc2)c(-c2ccccc2)c1C=O. The topological polar surface area (TPSA) is 34.1 Å². The molecule has 4 rings (SSSR count). The fourth-order valence-corrected chi connectivity index (χ4v) is 5.21. The number of rotatable bonds is 5. The first-order valence-corrected chi connectivity index (χ1v) is 12.1. The Hall–Kier alpha value is -3.00. The molecule has 1 saturated carbocycles. The van der Waals surface area contributed by atoms with E-state index in [9.17, 15) is 9.59 Å². The van der Waals surface area contributed by atoms with Crippen LogP contribution in [0.15, 0.2) is 66.7 Å². The van der Waals surface area contributed by atoms with Gasteiger partial charge in [0.1, 0.15) is 0 Å². The first-order chi connectivity index (χ1) is 15.8. The van der Waals surface area contributed by atoms with Gasteiger partial charge in [-0.15, -0.1) is 0 Å². The van der Waals surface area contributed by atoms with Crippen LogP contribution in [0.1, 0.15) is 90.0 Å². The normalized spacial score (nSPS) is 15.8. The van der Waals surface area contributed by atoms with Crippen LogP contribution in [-0.2, 0) is 0 Å². The summed E-state index contributed by atoms with van der Waals surface area (Å²) in [6, 6.07) is 22.4. The van der Waals surface area contributed by atoms with Crippen molar-refractivity contribution in [1.82, 2.24) is 0 Å². The van der Waals surface area contributed by atoms with Crippen LogP contribution in [0.25, 0.3) is 22.3 Å². The number of hydrogen-bond acceptors (Lipinski definition) is 2. The molecule has 32 heavy (non-hydrogen) atoms. The number of carbonyl (C=O) groups is 2. The fourth-order valence-electron chi connectivity index (χ4n) is 5.21. The summed E-state index contributed by atoms with van der Waals surface area (Å²) in [5.74, 6) is 0.319. The molecule has 2 heteroatoms. The molecule has 0 bridgehead atoms. The van der Waals surface area contributed by atoms with Crippen LogP contribution in [0.4, 0.5) is 0 Å². The average molecular weight is 425 g/mol. The van der Waals surface area contributed by atoms with Crippen LogP contribution in [0, 0.1) is 0 Å². The predicted octanol–water partition coefficient (Wildman–Crippen LogP) is 8.25. The molecule has 0 atom stereocenters. The molecule has 0 N–H and O–H groups in total. The van der Waals surface area contributed by atoms with Gasteiger partial charge in [-0.05, 0) is 47.1 Å². The molecule has 0 aromatic heterocycles. The third-order valence-electron chi connectivity index (χ3n) is 6.87. The molecule has 0 saturated heterocycles. The van der Waals surface area contributed by atoms with Crippen LogP contribution in [-0.4, -0.2) is 12.6 Å². The number of carbonyl (C=O) groups excluding carboxylic acids is 2. The van der Waals surface area contributed by atoms with E-state index in [-0.39, 0.29) is 0 Å². The minimum Gasteiger partial charge on any atom is -0.298 e. The summed E-state index contributed by atoms with van der Waals surface area (Å²) >= 11 is 0. The lowest BCUT2D eigenvalue weighted by Gasteiger charge is -2.24. The minimum atomic E-state index is 0.319. The highest BCUT2D eigenvalue weighted by atomic mass is 16.1. The first kappa shape index (κ1) is 22.2. The van der Waals surface area contributed by atoms with Gasteiger partial charge in [-0.25, -0.2) is 0 Å². The van der Waals surface area contributed by atoms with Crippen molar-refractivity contribution in [1.29, 1.82) is 0 Å². The molecule has 0 heterocycles. The Morgan fingerprint density at radius 1 is 0.594 bits per heavy atom. The molecule has 0 radical (unpaired) electrons. The molecule has 0 spiro atoms. The van der Waals surface area contributed by atoms with E-state index < -0.39 is 0 Å². The van der Waals surface area contributed by atoms with Gasteiger partial charge in [0, 0.05) is 16.7 Å². The van der Waals surface area contributed by atoms with Crippen LogP contribution >= 0.6 is 0 Å². The van der Waals surface area contributed by atoms with E-state index in [0.29, 0.717) is 17.0 Å². The molecule has 3 aromatic rings. The summed E-state index contributed by atoms with van der Waals surface area (Å²) in [7, 11) is 0. The van der Waals surface area contributed by atoms with E-state index >= 15 is 0 Å². The molecule has 1 fully saturated rings. The Balaban J connectivity index is 1.92. The zero-order chi connectivity index (χ0) is 22.2. The molecule has 1 aliphatic carbocycles. The van der Waals surface area contributed by atoms with Gasteiger partial charge in [0.2, 0.25) is 0 Å². The summed E-state index contributed by atoms with van der Waals surface area (Å²) in [6.07, 6.45) is 12.8. The Morgan fingerprint density at radius 3 is 1.62 bits per heavy atom. The molecule has 2 nitrogen and oxygen atoms in total. The van der Waals surface area contributed by atoms with E-state index in [2.05, 4.69) is 18.2 Å². The second kappa shape index (κ2) is 11.0. The van der Waals surface area contributed by atoms with Crippen molar-refractivity contribution in [3.05, 3.63) is 83.4 Å². The maximum Gasteiger partial charge on any atom is 0.151 e. The van der Waals surface area contributed by atoms with Crippen molar-refractivity contribution in [3.8, 4) is 22.3 Å². The van der Waals surface area contributed by atoms with Gasteiger partial charge in [0.15, 0.2) is 12.6 Å². The molecular formula is C30H32O2. The second-order valence-corrected chi connectivity index (χ2v) is 8.93. The van der Waals surface area contributed by atoms with E-state index in [0.717, 1.165) is 53.2 Å². The van der Waals surface area contributed by atoms with Gasteiger partial charge >= 0.3 is 0 Å². The van der Waals surface area contributed by atoms with Crippen molar-refractivity contribution in [3.63, 3.8) is 0 Å². The third kappa shape index (κ3) is 4.91. The molecule has 0 aliphatic heterocycles. The Labute approximate surface area is 191 Å². The highest BCUT2D eigenvalue weighted by Gasteiger charge is 2.24. The highest BCUT2D eigenvalue weighted by Crippen LogP contribution is 2.41. The first-order valence-electron chi connectivity index (χ1n) is 12.1. The van der Waals surface area contributed by atoms with Crippen LogP contribution in [0.3, 0.4) is 0 Å². The zero-order valence-corrected chi connectivity index (χ0v) is 18.8. The van der Waals surface area contributed by atoms with Crippen molar-refractivity contribution in [2.75, 3.05) is 0 Å². The van der Waals surface area contributed by atoms with E-state index in [1.807, 2.05) is 48.5 Å².